The summed E-state index contributed by atoms with van der Waals surface area (Å²) in [5.74, 6) is 1.68. The first-order valence-electron chi connectivity index (χ1n) is 6.69. The molecular weight excluding hydrogens is 272 g/mol. The summed E-state index contributed by atoms with van der Waals surface area (Å²) < 4.78 is 16.1. The van der Waals surface area contributed by atoms with E-state index in [-0.39, 0.29) is 12.0 Å². The molecule has 7 heteroatoms. The molecule has 0 radical (unpaired) electrons. The van der Waals surface area contributed by atoms with Crippen LogP contribution in [0.25, 0.3) is 0 Å². The van der Waals surface area contributed by atoms with Gasteiger partial charge in [-0.05, 0) is 26.0 Å². The summed E-state index contributed by atoms with van der Waals surface area (Å²) in [7, 11) is 1.60. The number of hydrogen-bond donors (Lipinski definition) is 1. The molecule has 0 aliphatic carbocycles. The summed E-state index contributed by atoms with van der Waals surface area (Å²) in [5.41, 5.74) is 0. The highest BCUT2D eigenvalue weighted by Crippen LogP contribution is 2.24. The highest BCUT2D eigenvalue weighted by atomic mass is 16.5. The van der Waals surface area contributed by atoms with Gasteiger partial charge in [0.2, 0.25) is 5.95 Å². The van der Waals surface area contributed by atoms with Gasteiger partial charge in [-0.2, -0.15) is 9.97 Å². The number of benzene rings is 1. The topological polar surface area (TPSA) is 78.4 Å². The van der Waals surface area contributed by atoms with Crippen LogP contribution in [-0.4, -0.2) is 35.2 Å². The SMILES string of the molecule is CCNc1nc(OCC)nc(Oc2cccc(OC)c2)n1. The van der Waals surface area contributed by atoms with E-state index < -0.39 is 0 Å². The Morgan fingerprint density at radius 2 is 1.81 bits per heavy atom. The third-order valence-electron chi connectivity index (χ3n) is 2.45. The highest BCUT2D eigenvalue weighted by Gasteiger charge is 2.09. The van der Waals surface area contributed by atoms with E-state index in [1.54, 1.807) is 19.2 Å². The number of nitrogens with zero attached hydrogens (tertiary/aromatic N) is 3. The fourth-order valence-corrected chi connectivity index (χ4v) is 1.58. The minimum absolute atomic E-state index is 0.164. The average molecular weight is 290 g/mol. The van der Waals surface area contributed by atoms with Gasteiger partial charge >= 0.3 is 12.0 Å². The lowest BCUT2D eigenvalue weighted by Gasteiger charge is -2.09. The molecule has 0 unspecified atom stereocenters. The first-order valence-corrected chi connectivity index (χ1v) is 6.69. The van der Waals surface area contributed by atoms with E-state index in [1.165, 1.54) is 0 Å². The summed E-state index contributed by atoms with van der Waals surface area (Å²) in [6, 6.07) is 7.58. The van der Waals surface area contributed by atoms with Gasteiger partial charge in [0.25, 0.3) is 0 Å². The summed E-state index contributed by atoms with van der Waals surface area (Å²) in [6.45, 7) is 4.97. The minimum atomic E-state index is 0.164. The third-order valence-corrected chi connectivity index (χ3v) is 2.45. The second kappa shape index (κ2) is 7.28. The molecule has 0 atom stereocenters. The zero-order valence-electron chi connectivity index (χ0n) is 12.3. The molecule has 7 nitrogen and oxygen atoms in total. The smallest absolute Gasteiger partial charge is 0.330 e. The predicted octanol–water partition coefficient (Wildman–Crippen LogP) is 2.50. The Labute approximate surface area is 123 Å². The molecule has 0 aliphatic rings. The number of hydrogen-bond acceptors (Lipinski definition) is 7. The van der Waals surface area contributed by atoms with E-state index in [0.29, 0.717) is 30.6 Å². The van der Waals surface area contributed by atoms with Crippen molar-refractivity contribution in [3.05, 3.63) is 24.3 Å². The minimum Gasteiger partial charge on any atom is -0.497 e. The van der Waals surface area contributed by atoms with Gasteiger partial charge in [0.15, 0.2) is 0 Å². The van der Waals surface area contributed by atoms with E-state index in [1.807, 2.05) is 26.0 Å². The van der Waals surface area contributed by atoms with E-state index in [4.69, 9.17) is 14.2 Å². The maximum absolute atomic E-state index is 5.63. The maximum atomic E-state index is 5.63. The first kappa shape index (κ1) is 14.8. The molecule has 2 rings (SSSR count). The van der Waals surface area contributed by atoms with Crippen molar-refractivity contribution in [2.75, 3.05) is 25.6 Å². The molecule has 2 aromatic rings. The van der Waals surface area contributed by atoms with Gasteiger partial charge in [0.1, 0.15) is 11.5 Å². The van der Waals surface area contributed by atoms with Gasteiger partial charge in [-0.25, -0.2) is 0 Å². The highest BCUT2D eigenvalue weighted by molar-refractivity contribution is 5.35. The normalized spacial score (nSPS) is 10.0. The van der Waals surface area contributed by atoms with Crippen LogP contribution in [-0.2, 0) is 0 Å². The van der Waals surface area contributed by atoms with Crippen LogP contribution in [0.5, 0.6) is 23.5 Å². The summed E-state index contributed by atoms with van der Waals surface area (Å²) in [5, 5.41) is 3.01. The molecule has 0 saturated heterocycles. The van der Waals surface area contributed by atoms with Crippen molar-refractivity contribution < 1.29 is 14.2 Å². The van der Waals surface area contributed by atoms with Crippen LogP contribution >= 0.6 is 0 Å². The Kier molecular flexibility index (Phi) is 5.14. The molecule has 1 heterocycles. The van der Waals surface area contributed by atoms with Crippen LogP contribution in [0.2, 0.25) is 0 Å². The van der Waals surface area contributed by atoms with Crippen molar-refractivity contribution in [1.29, 1.82) is 0 Å². The molecular formula is C14H18N4O3. The first-order chi connectivity index (χ1) is 10.2. The molecule has 21 heavy (non-hydrogen) atoms. The average Bonchev–Trinajstić information content (AvgIpc) is 2.48. The molecule has 1 aromatic carbocycles. The number of aromatic nitrogens is 3. The second-order valence-electron chi connectivity index (χ2n) is 3.97. The van der Waals surface area contributed by atoms with E-state index >= 15 is 0 Å². The van der Waals surface area contributed by atoms with Crippen molar-refractivity contribution in [3.8, 4) is 23.5 Å². The molecule has 0 bridgehead atoms. The van der Waals surface area contributed by atoms with E-state index in [2.05, 4.69) is 20.3 Å². The predicted molar refractivity (Wildman–Crippen MR) is 78.2 cm³/mol. The lowest BCUT2D eigenvalue weighted by molar-refractivity contribution is 0.303. The third kappa shape index (κ3) is 4.20. The van der Waals surface area contributed by atoms with E-state index in [9.17, 15) is 0 Å². The number of methoxy groups -OCH3 is 1. The molecule has 0 amide bonds. The molecule has 1 N–H and O–H groups in total. The summed E-state index contributed by atoms with van der Waals surface area (Å²) >= 11 is 0. The quantitative estimate of drug-likeness (QED) is 0.839. The van der Waals surface area contributed by atoms with Crippen LogP contribution in [0.15, 0.2) is 24.3 Å². The van der Waals surface area contributed by atoms with Crippen molar-refractivity contribution in [3.63, 3.8) is 0 Å². The molecule has 112 valence electrons. The molecule has 0 spiro atoms. The Hall–Kier alpha value is -2.57. The summed E-state index contributed by atoms with van der Waals surface area (Å²) in [6.07, 6.45) is 0. The van der Waals surface area contributed by atoms with Gasteiger partial charge in [0.05, 0.1) is 13.7 Å². The van der Waals surface area contributed by atoms with Crippen LogP contribution < -0.4 is 19.5 Å². The zero-order valence-corrected chi connectivity index (χ0v) is 12.3. The van der Waals surface area contributed by atoms with Crippen molar-refractivity contribution in [1.82, 2.24) is 15.0 Å². The van der Waals surface area contributed by atoms with Crippen molar-refractivity contribution >= 4 is 5.95 Å². The fraction of sp³-hybridized carbons (Fsp3) is 0.357. The van der Waals surface area contributed by atoms with Gasteiger partial charge in [-0.1, -0.05) is 6.07 Å². The molecule has 0 saturated carbocycles. The molecule has 0 fully saturated rings. The van der Waals surface area contributed by atoms with E-state index in [0.717, 1.165) is 0 Å². The maximum Gasteiger partial charge on any atom is 0.330 e. The Bertz CT molecular complexity index is 568. The van der Waals surface area contributed by atoms with Crippen LogP contribution in [0.1, 0.15) is 13.8 Å². The van der Waals surface area contributed by atoms with Crippen LogP contribution in [0.3, 0.4) is 0 Å². The number of nitrogens with one attached hydrogen (secondary N) is 1. The zero-order chi connectivity index (χ0) is 15.1. The Morgan fingerprint density at radius 3 is 2.52 bits per heavy atom. The van der Waals surface area contributed by atoms with Crippen LogP contribution in [0, 0.1) is 0 Å². The van der Waals surface area contributed by atoms with Crippen molar-refractivity contribution in [2.45, 2.75) is 13.8 Å². The fourth-order valence-electron chi connectivity index (χ4n) is 1.58. The molecule has 0 aliphatic heterocycles. The molecule has 1 aromatic heterocycles. The second-order valence-corrected chi connectivity index (χ2v) is 3.97. The number of anilines is 1. The standard InChI is InChI=1S/C14H18N4O3/c1-4-15-12-16-13(20-5-2)18-14(17-12)21-11-8-6-7-10(9-11)19-3/h6-9H,4-5H2,1-3H3,(H,15,16,17,18). The van der Waals surface area contributed by atoms with Gasteiger partial charge < -0.3 is 19.5 Å². The monoisotopic (exact) mass is 290 g/mol. The van der Waals surface area contributed by atoms with Crippen LogP contribution in [0.4, 0.5) is 5.95 Å². The largest absolute Gasteiger partial charge is 0.497 e. The van der Waals surface area contributed by atoms with Gasteiger partial charge in [-0.3, -0.25) is 0 Å². The lowest BCUT2D eigenvalue weighted by atomic mass is 10.3. The number of ether oxygens (including phenoxy) is 3. The van der Waals surface area contributed by atoms with Crippen molar-refractivity contribution in [2.24, 2.45) is 0 Å². The van der Waals surface area contributed by atoms with Gasteiger partial charge in [0, 0.05) is 12.6 Å². The Morgan fingerprint density at radius 1 is 1.05 bits per heavy atom. The summed E-state index contributed by atoms with van der Waals surface area (Å²) in [4.78, 5) is 12.4. The lowest BCUT2D eigenvalue weighted by Crippen LogP contribution is -2.07. The van der Waals surface area contributed by atoms with Gasteiger partial charge in [-0.15, -0.1) is 4.98 Å². The Balaban J connectivity index is 2.24. The number of rotatable bonds is 7.